The Morgan fingerprint density at radius 2 is 0.519 bits per heavy atom. The smallest absolute Gasteiger partial charge is 0.545 e. The van der Waals surface area contributed by atoms with Gasteiger partial charge < -0.3 is 60.0 Å². The molecule has 0 fully saturated rings. The summed E-state index contributed by atoms with van der Waals surface area (Å²) in [5.41, 5.74) is 2.40. The van der Waals surface area contributed by atoms with E-state index in [4.69, 9.17) is 46.4 Å². The quantitative estimate of drug-likeness (QED) is 0.0246. The van der Waals surface area contributed by atoms with Crippen LogP contribution in [0.5, 0.6) is 23.0 Å². The third kappa shape index (κ3) is 28.9. The minimum Gasteiger partial charge on any atom is -0.545 e. The molecule has 12 nitrogen and oxygen atoms in total. The maximum atomic E-state index is 11.0. The molecule has 0 aliphatic carbocycles. The molecule has 0 amide bonds. The van der Waals surface area contributed by atoms with Crippen molar-refractivity contribution in [2.75, 3.05) is 23.5 Å². The Morgan fingerprint density at radius 3 is 0.667 bits per heavy atom. The molecule has 0 saturated heterocycles. The van der Waals surface area contributed by atoms with Crippen molar-refractivity contribution in [3.8, 4) is 23.0 Å². The fourth-order valence-electron chi connectivity index (χ4n) is 10.1. The fraction of sp³-hybridized carbons (Fsp3) is 0.562. The van der Waals surface area contributed by atoms with Crippen LogP contribution in [0, 0.1) is 0 Å². The van der Waals surface area contributed by atoms with Crippen LogP contribution < -0.4 is 20.4 Å². The number of benzene rings is 4. The van der Waals surface area contributed by atoms with Gasteiger partial charge in [0, 0.05) is 45.8 Å². The molecule has 4 atom stereocenters. The second kappa shape index (κ2) is 46.4. The molecule has 448 valence electrons. The van der Waals surface area contributed by atoms with Crippen LogP contribution in [0.1, 0.15) is 269 Å². The van der Waals surface area contributed by atoms with Crippen molar-refractivity contribution in [3.63, 3.8) is 0 Å². The van der Waals surface area contributed by atoms with E-state index in [-0.39, 0.29) is 95.1 Å². The number of halogens is 4. The summed E-state index contributed by atoms with van der Waals surface area (Å²) in [5.74, 6) is -2.43. The van der Waals surface area contributed by atoms with E-state index in [0.717, 1.165) is 176 Å². The van der Waals surface area contributed by atoms with Crippen molar-refractivity contribution in [1.82, 2.24) is 0 Å². The summed E-state index contributed by atoms with van der Waals surface area (Å²) in [4.78, 5) is 43.9. The van der Waals surface area contributed by atoms with Crippen LogP contribution in [0.4, 0.5) is 0 Å². The van der Waals surface area contributed by atoms with Crippen LogP contribution in [-0.4, -0.2) is 67.8 Å². The Bertz CT molecular complexity index is 2060. The third-order valence-electron chi connectivity index (χ3n) is 14.2. The first-order valence-corrected chi connectivity index (χ1v) is 31.0. The van der Waals surface area contributed by atoms with Gasteiger partial charge in [0.15, 0.2) is 0 Å². The summed E-state index contributed by atoms with van der Waals surface area (Å²) >= 11 is 22.7. The van der Waals surface area contributed by atoms with Crippen molar-refractivity contribution >= 4 is 70.3 Å². The first-order valence-electron chi connectivity index (χ1n) is 28.8. The predicted octanol–water partition coefficient (Wildman–Crippen LogP) is 13.8. The summed E-state index contributed by atoms with van der Waals surface area (Å²) in [6.45, 7) is 8.35. The van der Waals surface area contributed by atoms with Gasteiger partial charge in [-0.2, -0.15) is 0 Å². The molecule has 4 aromatic rings. The summed E-state index contributed by atoms with van der Waals surface area (Å²) in [7, 11) is 0. The van der Waals surface area contributed by atoms with E-state index < -0.39 is 23.9 Å². The van der Waals surface area contributed by atoms with Gasteiger partial charge in [-0.15, -0.1) is 46.4 Å². The largest absolute Gasteiger partial charge is 4.00 e. The molecule has 4 N–H and O–H groups in total. The Kier molecular flexibility index (Phi) is 44.1. The molecule has 0 aliphatic heterocycles. The summed E-state index contributed by atoms with van der Waals surface area (Å²) < 4.78 is 0. The van der Waals surface area contributed by atoms with Gasteiger partial charge in [0.25, 0.3) is 0 Å². The molecule has 0 heterocycles. The Hall–Kier alpha value is -4.00. The van der Waals surface area contributed by atoms with E-state index in [2.05, 4.69) is 27.7 Å². The van der Waals surface area contributed by atoms with E-state index in [0.29, 0.717) is 23.5 Å². The average Bonchev–Trinajstić information content (AvgIpc) is 3.43. The van der Waals surface area contributed by atoms with E-state index >= 15 is 0 Å². The van der Waals surface area contributed by atoms with Gasteiger partial charge in [0.2, 0.25) is 0 Å². The number of alkyl halides is 4. The van der Waals surface area contributed by atoms with E-state index in [9.17, 15) is 60.0 Å². The van der Waals surface area contributed by atoms with Crippen molar-refractivity contribution in [1.29, 1.82) is 0 Å². The number of aromatic hydroxyl groups is 4. The number of rotatable bonds is 36. The first kappa shape index (κ1) is 77.0. The SMILES string of the molecule is CCCC(CCCCCCl)c1cccc(C(=O)[O-])c1O.CCCC(CCCCCCl)c1cccc(C(=O)[O-])c1O.CCCC(CCCCCCl)c1cccc(C(=O)[O-])c1O.CCCC(CCCCCCl)c1cccc(C(=O)[O-])c1O.[Zr+4]. The molecular weight excluding hydrogens is 1190 g/mol. The van der Waals surface area contributed by atoms with Crippen molar-refractivity contribution in [2.45, 2.75) is 205 Å². The van der Waals surface area contributed by atoms with E-state index in [1.807, 2.05) is 24.3 Å². The summed E-state index contributed by atoms with van der Waals surface area (Å²) in [5, 5.41) is 84.3. The molecule has 4 aromatic carbocycles. The van der Waals surface area contributed by atoms with Gasteiger partial charge in [-0.1, -0.05) is 153 Å². The minimum absolute atomic E-state index is 0. The summed E-state index contributed by atoms with van der Waals surface area (Å²) in [6.07, 6.45) is 23.8. The molecule has 4 rings (SSSR count). The van der Waals surface area contributed by atoms with Crippen LogP contribution in [0.3, 0.4) is 0 Å². The number of hydrogen-bond acceptors (Lipinski definition) is 12. The number of carboxylic acid groups (broad SMARTS) is 4. The third-order valence-corrected chi connectivity index (χ3v) is 15.3. The summed E-state index contributed by atoms with van der Waals surface area (Å²) in [6, 6.07) is 19.4. The molecule has 0 saturated carbocycles. The van der Waals surface area contributed by atoms with Crippen LogP contribution >= 0.6 is 46.4 Å². The number of hydrogen-bond donors (Lipinski definition) is 4. The van der Waals surface area contributed by atoms with Gasteiger partial charge in [-0.05, 0) is 147 Å². The maximum absolute atomic E-state index is 11.0. The molecule has 0 bridgehead atoms. The number of aromatic carboxylic acids is 4. The molecule has 81 heavy (non-hydrogen) atoms. The molecule has 0 radical (unpaired) electrons. The molecule has 17 heteroatoms. The second-order valence-electron chi connectivity index (χ2n) is 20.2. The predicted molar refractivity (Wildman–Crippen MR) is 317 cm³/mol. The number of carbonyl (C=O) groups excluding carboxylic acids is 4. The number of carbonyl (C=O) groups is 4. The topological polar surface area (TPSA) is 241 Å². The molecule has 4 unspecified atom stereocenters. The van der Waals surface area contributed by atoms with Crippen molar-refractivity contribution in [3.05, 3.63) is 117 Å². The average molecular weight is 1280 g/mol. The maximum Gasteiger partial charge on any atom is 4.00 e. The fourth-order valence-corrected chi connectivity index (χ4v) is 10.8. The minimum atomic E-state index is -1.33. The van der Waals surface area contributed by atoms with Gasteiger partial charge >= 0.3 is 26.2 Å². The van der Waals surface area contributed by atoms with Gasteiger partial charge in [-0.25, -0.2) is 0 Å². The van der Waals surface area contributed by atoms with Crippen LogP contribution in [0.25, 0.3) is 0 Å². The zero-order chi connectivity index (χ0) is 59.8. The van der Waals surface area contributed by atoms with Gasteiger partial charge in [0.1, 0.15) is 23.0 Å². The van der Waals surface area contributed by atoms with Crippen LogP contribution in [-0.2, 0) is 26.2 Å². The van der Waals surface area contributed by atoms with Crippen molar-refractivity contribution in [2.24, 2.45) is 0 Å². The first-order chi connectivity index (χ1) is 38.5. The molecule has 0 aliphatic rings. The normalized spacial score (nSPS) is 12.1. The standard InChI is InChI=1S/4C16H23ClO3.Zr/c4*1-2-7-12(8-4-3-5-11-17)13-9-6-10-14(15(13)18)16(19)20;/h4*6,9-10,12,18H,2-5,7-8,11H2,1H3,(H,19,20);/q;;;;+4/p-4. The molecule has 0 spiro atoms. The number of phenols is 4. The zero-order valence-electron chi connectivity index (χ0n) is 48.1. The molecular formula is C64H88Cl4O12Zr. The van der Waals surface area contributed by atoms with E-state index in [1.54, 1.807) is 24.3 Å². The van der Waals surface area contributed by atoms with Crippen LogP contribution in [0.2, 0.25) is 0 Å². The zero-order valence-corrected chi connectivity index (χ0v) is 53.6. The number of para-hydroxylation sites is 4. The van der Waals surface area contributed by atoms with Gasteiger partial charge in [0.05, 0.1) is 23.9 Å². The Balaban J connectivity index is 0.00000105. The Labute approximate surface area is 522 Å². The Morgan fingerprint density at radius 1 is 0.333 bits per heavy atom. The van der Waals surface area contributed by atoms with Crippen LogP contribution in [0.15, 0.2) is 72.8 Å². The van der Waals surface area contributed by atoms with E-state index in [1.165, 1.54) is 24.3 Å². The molecule has 0 aromatic heterocycles. The van der Waals surface area contributed by atoms with Gasteiger partial charge in [-0.3, -0.25) is 0 Å². The second-order valence-corrected chi connectivity index (χ2v) is 21.7. The number of carboxylic acids is 4. The number of unbranched alkanes of at least 4 members (excludes halogenated alkanes) is 8. The van der Waals surface area contributed by atoms with Crippen molar-refractivity contribution < 1.29 is 86.2 Å². The monoisotopic (exact) mass is 1280 g/mol.